The summed E-state index contributed by atoms with van der Waals surface area (Å²) in [7, 11) is 1.54. The fourth-order valence-electron chi connectivity index (χ4n) is 1.90. The summed E-state index contributed by atoms with van der Waals surface area (Å²) in [5.74, 6) is 0.374. The van der Waals surface area contributed by atoms with Gasteiger partial charge in [-0.2, -0.15) is 0 Å². The van der Waals surface area contributed by atoms with Crippen molar-refractivity contribution in [2.75, 3.05) is 18.2 Å². The average Bonchev–Trinajstić information content (AvgIpc) is 2.49. The zero-order valence-corrected chi connectivity index (χ0v) is 11.6. The Morgan fingerprint density at radius 1 is 1.20 bits per heavy atom. The number of benzene rings is 2. The lowest BCUT2D eigenvalue weighted by atomic mass is 10.1. The van der Waals surface area contributed by atoms with Gasteiger partial charge in [-0.15, -0.1) is 0 Å². The van der Waals surface area contributed by atoms with Gasteiger partial charge in [0.25, 0.3) is 5.91 Å². The maximum Gasteiger partial charge on any atom is 0.255 e. The minimum atomic E-state index is -0.171. The first-order chi connectivity index (χ1) is 9.63. The summed E-state index contributed by atoms with van der Waals surface area (Å²) in [6.45, 7) is 2.08. The molecule has 0 radical (unpaired) electrons. The molecule has 0 heterocycles. The number of ether oxygens (including phenoxy) is 1. The number of nitrogens with one attached hydrogen (secondary N) is 1. The van der Waals surface area contributed by atoms with E-state index in [1.54, 1.807) is 25.3 Å². The van der Waals surface area contributed by atoms with Gasteiger partial charge in [0, 0.05) is 17.3 Å². The van der Waals surface area contributed by atoms with E-state index in [1.807, 2.05) is 24.3 Å². The van der Waals surface area contributed by atoms with E-state index >= 15 is 0 Å². The van der Waals surface area contributed by atoms with Gasteiger partial charge in [0.2, 0.25) is 0 Å². The van der Waals surface area contributed by atoms with Gasteiger partial charge in [-0.25, -0.2) is 0 Å². The van der Waals surface area contributed by atoms with E-state index < -0.39 is 0 Å². The Kier molecular flexibility index (Phi) is 4.25. The van der Waals surface area contributed by atoms with Crippen LogP contribution in [0.25, 0.3) is 0 Å². The van der Waals surface area contributed by atoms with Crippen molar-refractivity contribution in [3.63, 3.8) is 0 Å². The number of rotatable bonds is 4. The van der Waals surface area contributed by atoms with Crippen molar-refractivity contribution in [2.45, 2.75) is 13.3 Å². The van der Waals surface area contributed by atoms with Crippen molar-refractivity contribution in [3.05, 3.63) is 53.6 Å². The fourth-order valence-corrected chi connectivity index (χ4v) is 1.90. The molecule has 0 aliphatic heterocycles. The molecule has 2 aromatic rings. The summed E-state index contributed by atoms with van der Waals surface area (Å²) in [6.07, 6.45) is 0.952. The van der Waals surface area contributed by atoms with Crippen LogP contribution in [0.4, 0.5) is 11.4 Å². The third-order valence-electron chi connectivity index (χ3n) is 3.10. The monoisotopic (exact) mass is 270 g/mol. The van der Waals surface area contributed by atoms with Crippen molar-refractivity contribution in [1.29, 1.82) is 0 Å². The van der Waals surface area contributed by atoms with Crippen LogP contribution in [-0.4, -0.2) is 13.0 Å². The lowest BCUT2D eigenvalue weighted by Crippen LogP contribution is -2.12. The van der Waals surface area contributed by atoms with E-state index in [9.17, 15) is 4.79 Å². The standard InChI is InChI=1S/C16H18N2O2/c1-3-11-4-6-12(7-5-11)16(19)18-14-9-8-13(17)10-15(14)20-2/h4-10H,3,17H2,1-2H3,(H,18,19). The van der Waals surface area contributed by atoms with Crippen molar-refractivity contribution in [3.8, 4) is 5.75 Å². The van der Waals surface area contributed by atoms with E-state index in [0.29, 0.717) is 22.7 Å². The normalized spacial score (nSPS) is 10.1. The third kappa shape index (κ3) is 3.09. The molecule has 0 spiro atoms. The van der Waals surface area contributed by atoms with Gasteiger partial charge < -0.3 is 15.8 Å². The molecule has 0 saturated carbocycles. The number of carbonyl (C=O) groups is 1. The SMILES string of the molecule is CCc1ccc(C(=O)Nc2ccc(N)cc2OC)cc1. The third-order valence-corrected chi connectivity index (χ3v) is 3.10. The van der Waals surface area contributed by atoms with Crippen molar-refractivity contribution in [1.82, 2.24) is 0 Å². The minimum absolute atomic E-state index is 0.171. The summed E-state index contributed by atoms with van der Waals surface area (Å²) >= 11 is 0. The Morgan fingerprint density at radius 3 is 2.50 bits per heavy atom. The molecule has 4 nitrogen and oxygen atoms in total. The number of anilines is 2. The molecule has 3 N–H and O–H groups in total. The van der Waals surface area contributed by atoms with Gasteiger partial charge in [0.05, 0.1) is 12.8 Å². The predicted octanol–water partition coefficient (Wildman–Crippen LogP) is 3.09. The zero-order valence-electron chi connectivity index (χ0n) is 11.6. The number of nitrogen functional groups attached to an aromatic ring is 1. The number of hydrogen-bond acceptors (Lipinski definition) is 3. The molecule has 20 heavy (non-hydrogen) atoms. The van der Waals surface area contributed by atoms with Crippen LogP contribution in [0.3, 0.4) is 0 Å². The summed E-state index contributed by atoms with van der Waals surface area (Å²) in [4.78, 5) is 12.2. The molecule has 4 heteroatoms. The van der Waals surface area contributed by atoms with E-state index in [4.69, 9.17) is 10.5 Å². The van der Waals surface area contributed by atoms with Crippen LogP contribution < -0.4 is 15.8 Å². The van der Waals surface area contributed by atoms with E-state index in [1.165, 1.54) is 5.56 Å². The first-order valence-electron chi connectivity index (χ1n) is 6.48. The van der Waals surface area contributed by atoms with E-state index in [2.05, 4.69) is 12.2 Å². The van der Waals surface area contributed by atoms with Crippen LogP contribution in [-0.2, 0) is 6.42 Å². The molecule has 104 valence electrons. The van der Waals surface area contributed by atoms with Gasteiger partial charge >= 0.3 is 0 Å². The maximum absolute atomic E-state index is 12.2. The highest BCUT2D eigenvalue weighted by Gasteiger charge is 2.09. The Labute approximate surface area is 118 Å². The lowest BCUT2D eigenvalue weighted by Gasteiger charge is -2.11. The van der Waals surface area contributed by atoms with Gasteiger partial charge in [0.1, 0.15) is 5.75 Å². The summed E-state index contributed by atoms with van der Waals surface area (Å²) in [5.41, 5.74) is 8.69. The van der Waals surface area contributed by atoms with E-state index in [-0.39, 0.29) is 5.91 Å². The van der Waals surface area contributed by atoms with Gasteiger partial charge in [-0.05, 0) is 36.2 Å². The molecule has 0 saturated heterocycles. The molecule has 0 aromatic heterocycles. The summed E-state index contributed by atoms with van der Waals surface area (Å²) in [6, 6.07) is 12.7. The van der Waals surface area contributed by atoms with Gasteiger partial charge in [0.15, 0.2) is 0 Å². The molecule has 0 aliphatic carbocycles. The topological polar surface area (TPSA) is 64.4 Å². The first-order valence-corrected chi connectivity index (χ1v) is 6.48. The number of nitrogens with two attached hydrogens (primary N) is 1. The number of hydrogen-bond donors (Lipinski definition) is 2. The second kappa shape index (κ2) is 6.10. The van der Waals surface area contributed by atoms with Gasteiger partial charge in [-0.3, -0.25) is 4.79 Å². The second-order valence-electron chi connectivity index (χ2n) is 4.46. The number of aryl methyl sites for hydroxylation is 1. The van der Waals surface area contributed by atoms with Crippen molar-refractivity contribution < 1.29 is 9.53 Å². The molecule has 0 bridgehead atoms. The molecule has 2 aromatic carbocycles. The lowest BCUT2D eigenvalue weighted by molar-refractivity contribution is 0.102. The largest absolute Gasteiger partial charge is 0.494 e. The number of methoxy groups -OCH3 is 1. The average molecular weight is 270 g/mol. The molecule has 0 atom stereocenters. The van der Waals surface area contributed by atoms with Crippen LogP contribution >= 0.6 is 0 Å². The van der Waals surface area contributed by atoms with Crippen LogP contribution in [0.1, 0.15) is 22.8 Å². The molecule has 0 unspecified atom stereocenters. The summed E-state index contributed by atoms with van der Waals surface area (Å²) < 4.78 is 5.20. The predicted molar refractivity (Wildman–Crippen MR) is 81.2 cm³/mol. The maximum atomic E-state index is 12.2. The highest BCUT2D eigenvalue weighted by atomic mass is 16.5. The Morgan fingerprint density at radius 2 is 1.90 bits per heavy atom. The second-order valence-corrected chi connectivity index (χ2v) is 4.46. The highest BCUT2D eigenvalue weighted by Crippen LogP contribution is 2.27. The van der Waals surface area contributed by atoms with Crippen LogP contribution in [0.2, 0.25) is 0 Å². The Bertz CT molecular complexity index is 606. The highest BCUT2D eigenvalue weighted by molar-refractivity contribution is 6.05. The quantitative estimate of drug-likeness (QED) is 0.839. The minimum Gasteiger partial charge on any atom is -0.494 e. The molecule has 2 rings (SSSR count). The van der Waals surface area contributed by atoms with Crippen LogP contribution in [0, 0.1) is 0 Å². The fraction of sp³-hybridized carbons (Fsp3) is 0.188. The van der Waals surface area contributed by atoms with Gasteiger partial charge in [-0.1, -0.05) is 19.1 Å². The zero-order chi connectivity index (χ0) is 14.5. The first kappa shape index (κ1) is 13.9. The number of amides is 1. The smallest absolute Gasteiger partial charge is 0.255 e. The molecule has 0 aliphatic rings. The molecular formula is C16H18N2O2. The van der Waals surface area contributed by atoms with Crippen molar-refractivity contribution >= 4 is 17.3 Å². The molecular weight excluding hydrogens is 252 g/mol. The van der Waals surface area contributed by atoms with Crippen LogP contribution in [0.5, 0.6) is 5.75 Å². The Balaban J connectivity index is 2.18. The Hall–Kier alpha value is -2.49. The van der Waals surface area contributed by atoms with E-state index in [0.717, 1.165) is 6.42 Å². The molecule has 1 amide bonds. The molecule has 0 fully saturated rings. The van der Waals surface area contributed by atoms with Crippen molar-refractivity contribution in [2.24, 2.45) is 0 Å². The number of carbonyl (C=O) groups excluding carboxylic acids is 1. The summed E-state index contributed by atoms with van der Waals surface area (Å²) in [5, 5.41) is 2.82. The van der Waals surface area contributed by atoms with Crippen LogP contribution in [0.15, 0.2) is 42.5 Å².